The molecule has 1 aromatic carbocycles. The van der Waals surface area contributed by atoms with Crippen LogP contribution in [0, 0.1) is 0 Å². The van der Waals surface area contributed by atoms with Crippen LogP contribution < -0.4 is 15.7 Å². The third-order valence-corrected chi connectivity index (χ3v) is 6.13. The molecule has 27 heavy (non-hydrogen) atoms. The number of fused-ring (bicyclic) bond motifs is 3. The summed E-state index contributed by atoms with van der Waals surface area (Å²) >= 11 is 1.62. The van der Waals surface area contributed by atoms with E-state index in [1.165, 1.54) is 9.55 Å². The molecule has 4 rings (SSSR count). The fourth-order valence-electron chi connectivity index (χ4n) is 3.51. The Bertz CT molecular complexity index is 1070. The Morgan fingerprint density at radius 1 is 1.26 bits per heavy atom. The van der Waals surface area contributed by atoms with Crippen molar-refractivity contribution in [2.24, 2.45) is 0 Å². The molecule has 7 heteroatoms. The van der Waals surface area contributed by atoms with Crippen molar-refractivity contribution < 1.29 is 9.53 Å². The predicted molar refractivity (Wildman–Crippen MR) is 107 cm³/mol. The van der Waals surface area contributed by atoms with Gasteiger partial charge in [-0.2, -0.15) is 0 Å². The van der Waals surface area contributed by atoms with E-state index in [2.05, 4.69) is 10.4 Å². The third-order valence-electron chi connectivity index (χ3n) is 4.94. The first kappa shape index (κ1) is 17.7. The summed E-state index contributed by atoms with van der Waals surface area (Å²) in [5, 5.41) is 0.668. The van der Waals surface area contributed by atoms with Crippen LogP contribution in [-0.4, -0.2) is 22.7 Å². The average Bonchev–Trinajstić information content (AvgIpc) is 3.08. The molecule has 0 saturated carbocycles. The number of amides is 1. The quantitative estimate of drug-likeness (QED) is 0.750. The lowest BCUT2D eigenvalue weighted by molar-refractivity contribution is 0.101. The first-order valence-corrected chi connectivity index (χ1v) is 9.95. The first-order valence-electron chi connectivity index (χ1n) is 9.14. The number of aryl methyl sites for hydroxylation is 3. The van der Waals surface area contributed by atoms with E-state index in [1.54, 1.807) is 42.7 Å². The van der Waals surface area contributed by atoms with Crippen LogP contribution in [0.25, 0.3) is 10.2 Å². The summed E-state index contributed by atoms with van der Waals surface area (Å²) in [5.41, 5.74) is 4.13. The second kappa shape index (κ2) is 7.15. The van der Waals surface area contributed by atoms with E-state index in [-0.39, 0.29) is 11.5 Å². The summed E-state index contributed by atoms with van der Waals surface area (Å²) in [7, 11) is 1.57. The molecule has 0 fully saturated rings. The van der Waals surface area contributed by atoms with Crippen LogP contribution in [0.1, 0.15) is 46.4 Å². The highest BCUT2D eigenvalue weighted by Crippen LogP contribution is 2.33. The summed E-state index contributed by atoms with van der Waals surface area (Å²) in [4.78, 5) is 32.6. The van der Waals surface area contributed by atoms with Crippen LogP contribution in [0.4, 0.5) is 0 Å². The second-order valence-corrected chi connectivity index (χ2v) is 7.67. The number of rotatable bonds is 4. The van der Waals surface area contributed by atoms with Gasteiger partial charge in [0.2, 0.25) is 0 Å². The number of carbonyl (C=O) groups excluding carboxylic acids is 1. The fourth-order valence-corrected chi connectivity index (χ4v) is 4.78. The van der Waals surface area contributed by atoms with Crippen LogP contribution >= 0.6 is 11.3 Å². The van der Waals surface area contributed by atoms with Crippen molar-refractivity contribution in [3.05, 3.63) is 56.4 Å². The van der Waals surface area contributed by atoms with Gasteiger partial charge in [-0.15, -0.1) is 11.3 Å². The molecule has 0 unspecified atom stereocenters. The lowest BCUT2D eigenvalue weighted by atomic mass is 9.97. The number of benzene rings is 1. The molecule has 0 spiro atoms. The van der Waals surface area contributed by atoms with Gasteiger partial charge in [0.25, 0.3) is 11.5 Å². The van der Waals surface area contributed by atoms with Gasteiger partial charge < -0.3 is 4.74 Å². The summed E-state index contributed by atoms with van der Waals surface area (Å²) in [6.45, 7) is 1.93. The van der Waals surface area contributed by atoms with Gasteiger partial charge in [0, 0.05) is 16.9 Å². The minimum absolute atomic E-state index is 0.182. The molecule has 2 aromatic heterocycles. The summed E-state index contributed by atoms with van der Waals surface area (Å²) in [5.74, 6) is 0.888. The molecule has 0 radical (unpaired) electrons. The molecule has 0 aliphatic heterocycles. The summed E-state index contributed by atoms with van der Waals surface area (Å²) in [6.07, 6.45) is 4.71. The van der Waals surface area contributed by atoms with E-state index in [0.717, 1.165) is 36.1 Å². The smallest absolute Gasteiger partial charge is 0.281 e. The number of nitrogens with zero attached hydrogens (tertiary/aromatic N) is 2. The van der Waals surface area contributed by atoms with E-state index in [9.17, 15) is 9.59 Å². The normalized spacial score (nSPS) is 13.4. The van der Waals surface area contributed by atoms with Gasteiger partial charge in [-0.05, 0) is 55.5 Å². The highest BCUT2D eigenvalue weighted by Gasteiger charge is 2.22. The van der Waals surface area contributed by atoms with Crippen molar-refractivity contribution in [2.75, 3.05) is 12.5 Å². The minimum Gasteiger partial charge on any atom is -0.497 e. The second-order valence-electron chi connectivity index (χ2n) is 6.58. The molecule has 1 aliphatic carbocycles. The molecule has 0 bridgehead atoms. The van der Waals surface area contributed by atoms with Gasteiger partial charge in [0.05, 0.1) is 12.5 Å². The number of nitrogens with one attached hydrogen (secondary N) is 1. The van der Waals surface area contributed by atoms with Crippen LogP contribution in [0.15, 0.2) is 29.1 Å². The van der Waals surface area contributed by atoms with Crippen molar-refractivity contribution in [3.8, 4) is 5.75 Å². The number of carbonyl (C=O) groups is 1. The largest absolute Gasteiger partial charge is 0.497 e. The molecule has 0 atom stereocenters. The SMILES string of the molecule is CCc1nc2sc3c(c2c(=O)n1NC(=O)c1ccc(OC)cc1)CCCC3. The maximum absolute atomic E-state index is 13.2. The highest BCUT2D eigenvalue weighted by molar-refractivity contribution is 7.18. The molecule has 3 aromatic rings. The van der Waals surface area contributed by atoms with Crippen molar-refractivity contribution in [3.63, 3.8) is 0 Å². The maximum atomic E-state index is 13.2. The van der Waals surface area contributed by atoms with Crippen LogP contribution in [0.3, 0.4) is 0 Å². The van der Waals surface area contributed by atoms with Gasteiger partial charge in [-0.1, -0.05) is 6.92 Å². The molecule has 2 heterocycles. The van der Waals surface area contributed by atoms with Crippen molar-refractivity contribution >= 4 is 27.5 Å². The average molecular weight is 383 g/mol. The van der Waals surface area contributed by atoms with Crippen molar-refractivity contribution in [1.29, 1.82) is 0 Å². The fraction of sp³-hybridized carbons (Fsp3) is 0.350. The zero-order valence-corrected chi connectivity index (χ0v) is 16.2. The molecular formula is C20H21N3O3S. The van der Waals surface area contributed by atoms with Crippen molar-refractivity contribution in [2.45, 2.75) is 39.0 Å². The molecule has 140 valence electrons. The predicted octanol–water partition coefficient (Wildman–Crippen LogP) is 3.29. The third kappa shape index (κ3) is 3.12. The Morgan fingerprint density at radius 3 is 2.70 bits per heavy atom. The van der Waals surface area contributed by atoms with E-state index in [1.807, 2.05) is 6.92 Å². The van der Waals surface area contributed by atoms with Crippen LogP contribution in [0.2, 0.25) is 0 Å². The number of methoxy groups -OCH3 is 1. The first-order chi connectivity index (χ1) is 13.1. The number of aromatic nitrogens is 2. The highest BCUT2D eigenvalue weighted by atomic mass is 32.1. The monoisotopic (exact) mass is 383 g/mol. The van der Waals surface area contributed by atoms with Gasteiger partial charge in [-0.3, -0.25) is 15.0 Å². The Morgan fingerprint density at radius 2 is 2.00 bits per heavy atom. The van der Waals surface area contributed by atoms with Crippen LogP contribution in [-0.2, 0) is 19.3 Å². The lowest BCUT2D eigenvalue weighted by Crippen LogP contribution is -2.36. The van der Waals surface area contributed by atoms with Gasteiger partial charge in [0.1, 0.15) is 16.4 Å². The Hall–Kier alpha value is -2.67. The Kier molecular flexibility index (Phi) is 4.70. The topological polar surface area (TPSA) is 73.2 Å². The number of ether oxygens (including phenoxy) is 1. The van der Waals surface area contributed by atoms with E-state index < -0.39 is 0 Å². The Balaban J connectivity index is 1.76. The molecule has 1 amide bonds. The zero-order chi connectivity index (χ0) is 19.0. The molecule has 1 aliphatic rings. The molecule has 0 saturated heterocycles. The van der Waals surface area contributed by atoms with E-state index in [0.29, 0.717) is 28.9 Å². The van der Waals surface area contributed by atoms with E-state index >= 15 is 0 Å². The number of hydrogen-bond acceptors (Lipinski definition) is 5. The maximum Gasteiger partial charge on any atom is 0.281 e. The standard InChI is InChI=1S/C20H21N3O3S/c1-3-16-21-19-17(14-6-4-5-7-15(14)27-19)20(25)23(16)22-18(24)12-8-10-13(26-2)11-9-12/h8-11H,3-7H2,1-2H3,(H,22,24). The number of hydrogen-bond donors (Lipinski definition) is 1. The minimum atomic E-state index is -0.347. The summed E-state index contributed by atoms with van der Waals surface area (Å²) < 4.78 is 6.44. The van der Waals surface area contributed by atoms with Gasteiger partial charge in [-0.25, -0.2) is 9.66 Å². The van der Waals surface area contributed by atoms with Crippen LogP contribution in [0.5, 0.6) is 5.75 Å². The van der Waals surface area contributed by atoms with Gasteiger partial charge >= 0.3 is 0 Å². The summed E-state index contributed by atoms with van der Waals surface area (Å²) in [6, 6.07) is 6.77. The number of thiophene rings is 1. The van der Waals surface area contributed by atoms with E-state index in [4.69, 9.17) is 4.74 Å². The Labute approximate surface area is 160 Å². The lowest BCUT2D eigenvalue weighted by Gasteiger charge is -2.14. The zero-order valence-electron chi connectivity index (χ0n) is 15.4. The van der Waals surface area contributed by atoms with Gasteiger partial charge in [0.15, 0.2) is 0 Å². The molecular weight excluding hydrogens is 362 g/mol. The van der Waals surface area contributed by atoms with Crippen molar-refractivity contribution in [1.82, 2.24) is 9.66 Å². The molecule has 6 nitrogen and oxygen atoms in total. The molecule has 1 N–H and O–H groups in total.